The van der Waals surface area contributed by atoms with Crippen LogP contribution in [0.3, 0.4) is 0 Å². The molecule has 0 aromatic carbocycles. The van der Waals surface area contributed by atoms with Gasteiger partial charge in [-0.05, 0) is 25.7 Å². The van der Waals surface area contributed by atoms with Gasteiger partial charge in [-0.15, -0.1) is 0 Å². The SMILES string of the molecule is CC(Nc1ncc([N+](=O)[O-])cc1C(=O)O)C1CCCCC1. The average Bonchev–Trinajstić information content (AvgIpc) is 2.48. The lowest BCUT2D eigenvalue weighted by Gasteiger charge is -2.28. The van der Waals surface area contributed by atoms with E-state index in [0.29, 0.717) is 5.92 Å². The van der Waals surface area contributed by atoms with Gasteiger partial charge < -0.3 is 10.4 Å². The van der Waals surface area contributed by atoms with Gasteiger partial charge in [-0.1, -0.05) is 19.3 Å². The summed E-state index contributed by atoms with van der Waals surface area (Å²) in [7, 11) is 0. The van der Waals surface area contributed by atoms with Crippen molar-refractivity contribution in [3.8, 4) is 0 Å². The van der Waals surface area contributed by atoms with E-state index in [1.807, 2.05) is 6.92 Å². The molecule has 7 heteroatoms. The number of nitrogens with zero attached hydrogens (tertiary/aromatic N) is 2. The highest BCUT2D eigenvalue weighted by Crippen LogP contribution is 2.29. The number of aromatic nitrogens is 1. The molecular weight excluding hydrogens is 274 g/mol. The summed E-state index contributed by atoms with van der Waals surface area (Å²) in [4.78, 5) is 25.2. The molecule has 114 valence electrons. The van der Waals surface area contributed by atoms with Crippen LogP contribution in [0.25, 0.3) is 0 Å². The van der Waals surface area contributed by atoms with Crippen LogP contribution in [0.15, 0.2) is 12.3 Å². The summed E-state index contributed by atoms with van der Waals surface area (Å²) in [5, 5.41) is 23.0. The van der Waals surface area contributed by atoms with E-state index in [-0.39, 0.29) is 23.1 Å². The first-order chi connectivity index (χ1) is 9.99. The maximum Gasteiger partial charge on any atom is 0.339 e. The molecule has 7 nitrogen and oxygen atoms in total. The summed E-state index contributed by atoms with van der Waals surface area (Å²) < 4.78 is 0. The molecule has 21 heavy (non-hydrogen) atoms. The lowest BCUT2D eigenvalue weighted by molar-refractivity contribution is -0.385. The number of anilines is 1. The van der Waals surface area contributed by atoms with Crippen LogP contribution in [0, 0.1) is 16.0 Å². The molecule has 1 atom stereocenters. The minimum absolute atomic E-state index is 0.0948. The Labute approximate surface area is 122 Å². The molecule has 1 heterocycles. The monoisotopic (exact) mass is 293 g/mol. The number of aromatic carboxylic acids is 1. The van der Waals surface area contributed by atoms with Gasteiger partial charge in [-0.3, -0.25) is 10.1 Å². The predicted octanol–water partition coefficient (Wildman–Crippen LogP) is 3.07. The Hall–Kier alpha value is -2.18. The van der Waals surface area contributed by atoms with Crippen molar-refractivity contribution in [2.24, 2.45) is 5.92 Å². The molecule has 1 aliphatic carbocycles. The quantitative estimate of drug-likeness (QED) is 0.638. The molecule has 0 aliphatic heterocycles. The summed E-state index contributed by atoms with van der Waals surface area (Å²) in [6.45, 7) is 2.00. The van der Waals surface area contributed by atoms with E-state index >= 15 is 0 Å². The normalized spacial score (nSPS) is 17.2. The summed E-state index contributed by atoms with van der Waals surface area (Å²) in [5.41, 5.74) is -0.477. The fourth-order valence-electron chi connectivity index (χ4n) is 2.80. The number of carbonyl (C=O) groups is 1. The molecule has 0 radical (unpaired) electrons. The Morgan fingerprint density at radius 3 is 2.71 bits per heavy atom. The van der Waals surface area contributed by atoms with Gasteiger partial charge in [0.15, 0.2) is 0 Å². The van der Waals surface area contributed by atoms with Crippen LogP contribution in [0.1, 0.15) is 49.4 Å². The number of carboxylic acids is 1. The van der Waals surface area contributed by atoms with Crippen LogP contribution < -0.4 is 5.32 Å². The van der Waals surface area contributed by atoms with Gasteiger partial charge in [-0.25, -0.2) is 9.78 Å². The highest BCUT2D eigenvalue weighted by molar-refractivity contribution is 5.93. The van der Waals surface area contributed by atoms with Crippen LogP contribution >= 0.6 is 0 Å². The number of rotatable bonds is 5. The first-order valence-corrected chi connectivity index (χ1v) is 7.13. The second-order valence-electron chi connectivity index (χ2n) is 5.48. The van der Waals surface area contributed by atoms with Crippen LogP contribution in [0.2, 0.25) is 0 Å². The molecule has 1 aromatic heterocycles. The Kier molecular flexibility index (Phi) is 4.72. The number of nitrogens with one attached hydrogen (secondary N) is 1. The molecule has 1 aromatic rings. The largest absolute Gasteiger partial charge is 0.478 e. The Morgan fingerprint density at radius 2 is 2.14 bits per heavy atom. The predicted molar refractivity (Wildman–Crippen MR) is 77.5 cm³/mol. The summed E-state index contributed by atoms with van der Waals surface area (Å²) in [5.74, 6) is -0.534. The van der Waals surface area contributed by atoms with Crippen LogP contribution in [0.5, 0.6) is 0 Å². The molecule has 0 spiro atoms. The van der Waals surface area contributed by atoms with Crippen molar-refractivity contribution in [2.75, 3.05) is 5.32 Å². The van der Waals surface area contributed by atoms with Gasteiger partial charge in [-0.2, -0.15) is 0 Å². The number of hydrogen-bond acceptors (Lipinski definition) is 5. The summed E-state index contributed by atoms with van der Waals surface area (Å²) in [6, 6.07) is 1.14. The van der Waals surface area contributed by atoms with Gasteiger partial charge in [0, 0.05) is 12.1 Å². The molecule has 1 aliphatic rings. The zero-order valence-corrected chi connectivity index (χ0v) is 11.9. The Bertz CT molecular complexity index is 541. The van der Waals surface area contributed by atoms with E-state index in [9.17, 15) is 20.0 Å². The Morgan fingerprint density at radius 1 is 1.48 bits per heavy atom. The molecule has 0 amide bonds. The second-order valence-corrected chi connectivity index (χ2v) is 5.48. The van der Waals surface area contributed by atoms with E-state index in [2.05, 4.69) is 10.3 Å². The minimum Gasteiger partial charge on any atom is -0.478 e. The molecule has 2 rings (SSSR count). The van der Waals surface area contributed by atoms with Gasteiger partial charge in [0.1, 0.15) is 17.6 Å². The van der Waals surface area contributed by atoms with Crippen molar-refractivity contribution >= 4 is 17.5 Å². The highest BCUT2D eigenvalue weighted by Gasteiger charge is 2.23. The number of hydrogen-bond donors (Lipinski definition) is 2. The highest BCUT2D eigenvalue weighted by atomic mass is 16.6. The zero-order valence-electron chi connectivity index (χ0n) is 11.9. The first-order valence-electron chi connectivity index (χ1n) is 7.13. The van der Waals surface area contributed by atoms with Gasteiger partial charge in [0.2, 0.25) is 0 Å². The van der Waals surface area contributed by atoms with E-state index < -0.39 is 10.9 Å². The fraction of sp³-hybridized carbons (Fsp3) is 0.571. The average molecular weight is 293 g/mol. The van der Waals surface area contributed by atoms with E-state index in [1.165, 1.54) is 19.3 Å². The minimum atomic E-state index is -1.22. The van der Waals surface area contributed by atoms with E-state index in [1.54, 1.807) is 0 Å². The maximum atomic E-state index is 11.3. The van der Waals surface area contributed by atoms with Crippen molar-refractivity contribution in [2.45, 2.75) is 45.1 Å². The van der Waals surface area contributed by atoms with Gasteiger partial charge >= 0.3 is 5.97 Å². The molecule has 0 bridgehead atoms. The zero-order chi connectivity index (χ0) is 15.4. The molecule has 1 fully saturated rings. The van der Waals surface area contributed by atoms with E-state index in [0.717, 1.165) is 25.1 Å². The van der Waals surface area contributed by atoms with Gasteiger partial charge in [0.05, 0.1) is 4.92 Å². The smallest absolute Gasteiger partial charge is 0.339 e. The molecular formula is C14H19N3O4. The topological polar surface area (TPSA) is 105 Å². The Balaban J connectivity index is 2.18. The second kappa shape index (κ2) is 6.51. The van der Waals surface area contributed by atoms with Gasteiger partial charge in [0.25, 0.3) is 5.69 Å². The first kappa shape index (κ1) is 15.2. The number of carboxylic acid groups (broad SMARTS) is 1. The third-order valence-electron chi connectivity index (χ3n) is 4.04. The van der Waals surface area contributed by atoms with Crippen molar-refractivity contribution in [3.63, 3.8) is 0 Å². The number of nitro groups is 1. The lowest BCUT2D eigenvalue weighted by atomic mass is 9.84. The third-order valence-corrected chi connectivity index (χ3v) is 4.04. The van der Waals surface area contributed by atoms with Crippen LogP contribution in [0.4, 0.5) is 11.5 Å². The summed E-state index contributed by atoms with van der Waals surface area (Å²) >= 11 is 0. The molecule has 1 unspecified atom stereocenters. The van der Waals surface area contributed by atoms with Crippen LogP contribution in [-0.4, -0.2) is 27.0 Å². The maximum absolute atomic E-state index is 11.3. The van der Waals surface area contributed by atoms with Crippen molar-refractivity contribution in [3.05, 3.63) is 27.9 Å². The van der Waals surface area contributed by atoms with Crippen LogP contribution in [-0.2, 0) is 0 Å². The van der Waals surface area contributed by atoms with Crippen molar-refractivity contribution in [1.82, 2.24) is 4.98 Å². The van der Waals surface area contributed by atoms with E-state index in [4.69, 9.17) is 0 Å². The molecule has 1 saturated carbocycles. The molecule has 0 saturated heterocycles. The lowest BCUT2D eigenvalue weighted by Crippen LogP contribution is -2.29. The fourth-order valence-corrected chi connectivity index (χ4v) is 2.80. The number of pyridine rings is 1. The standard InChI is InChI=1S/C14H19N3O4/c1-9(10-5-3-2-4-6-10)16-13-12(14(18)19)7-11(8-15-13)17(20)21/h7-10H,2-6H2,1H3,(H,15,16)(H,18,19). The third kappa shape index (κ3) is 3.68. The van der Waals surface area contributed by atoms with Crippen molar-refractivity contribution in [1.29, 1.82) is 0 Å². The van der Waals surface area contributed by atoms with Crippen molar-refractivity contribution < 1.29 is 14.8 Å². The molecule has 2 N–H and O–H groups in total. The summed E-state index contributed by atoms with van der Waals surface area (Å²) in [6.07, 6.45) is 6.95.